The molecule has 0 radical (unpaired) electrons. The number of carbonyl (C=O) groups excluding carboxylic acids is 1. The zero-order valence-corrected chi connectivity index (χ0v) is 17.7. The lowest BCUT2D eigenvalue weighted by atomic mass is 10.2. The molecule has 0 fully saturated rings. The lowest BCUT2D eigenvalue weighted by molar-refractivity contribution is 0.102. The molecule has 0 aliphatic rings. The van der Waals surface area contributed by atoms with Crippen molar-refractivity contribution < 1.29 is 9.21 Å². The molecule has 0 spiro atoms. The first-order valence-electron chi connectivity index (χ1n) is 9.11. The van der Waals surface area contributed by atoms with Crippen LogP contribution < -0.4 is 5.32 Å². The molecule has 0 saturated heterocycles. The molecule has 0 aliphatic heterocycles. The molecule has 0 saturated carbocycles. The third-order valence-corrected chi connectivity index (χ3v) is 6.59. The first-order valence-corrected chi connectivity index (χ1v) is 10.9. The number of hydrogen-bond donors (Lipinski definition) is 1. The Balaban J connectivity index is 1.41. The van der Waals surface area contributed by atoms with E-state index in [0.717, 1.165) is 27.2 Å². The minimum atomic E-state index is -0.181. The number of aromatic nitrogens is 3. The van der Waals surface area contributed by atoms with Crippen molar-refractivity contribution in [2.45, 2.75) is 30.5 Å². The van der Waals surface area contributed by atoms with Gasteiger partial charge >= 0.3 is 0 Å². The van der Waals surface area contributed by atoms with Gasteiger partial charge in [0.15, 0.2) is 4.34 Å². The lowest BCUT2D eigenvalue weighted by Gasteiger charge is -2.07. The van der Waals surface area contributed by atoms with Gasteiger partial charge in [0.1, 0.15) is 5.76 Å². The second-order valence-electron chi connectivity index (χ2n) is 6.55. The Morgan fingerprint density at radius 1 is 1.17 bits per heavy atom. The van der Waals surface area contributed by atoms with Crippen LogP contribution in [-0.2, 0) is 12.3 Å². The lowest BCUT2D eigenvalue weighted by Crippen LogP contribution is -2.13. The highest BCUT2D eigenvalue weighted by Crippen LogP contribution is 2.29. The fraction of sp³-hybridized carbons (Fsp3) is 0.190. The Labute approximate surface area is 177 Å². The quantitative estimate of drug-likeness (QED) is 0.328. The van der Waals surface area contributed by atoms with Crippen LogP contribution in [0.4, 0.5) is 5.13 Å². The first kappa shape index (κ1) is 19.5. The maximum Gasteiger partial charge on any atom is 0.259 e. The number of amides is 1. The molecule has 1 aromatic carbocycles. The van der Waals surface area contributed by atoms with Crippen LogP contribution in [0.15, 0.2) is 63.6 Å². The van der Waals surface area contributed by atoms with Crippen molar-refractivity contribution in [3.8, 4) is 0 Å². The van der Waals surface area contributed by atoms with Crippen molar-refractivity contribution in [3.63, 3.8) is 0 Å². The molecule has 8 heteroatoms. The standard InChI is InChI=1S/C21H20N4O2S2/c1-14-11-18(15(2)25(14)12-17-9-6-10-27-17)19(26)22-20-23-24-21(29-20)28-13-16-7-4-3-5-8-16/h3-11H,12-13H2,1-2H3,(H,22,23,26). The summed E-state index contributed by atoms with van der Waals surface area (Å²) in [6, 6.07) is 15.9. The topological polar surface area (TPSA) is 73.0 Å². The number of aryl methyl sites for hydroxylation is 1. The van der Waals surface area contributed by atoms with Gasteiger partial charge in [0.2, 0.25) is 5.13 Å². The highest BCUT2D eigenvalue weighted by molar-refractivity contribution is 8.00. The van der Waals surface area contributed by atoms with E-state index in [1.165, 1.54) is 16.9 Å². The van der Waals surface area contributed by atoms with Crippen molar-refractivity contribution in [2.75, 3.05) is 5.32 Å². The van der Waals surface area contributed by atoms with E-state index in [1.807, 2.05) is 50.2 Å². The van der Waals surface area contributed by atoms with Gasteiger partial charge in [-0.1, -0.05) is 53.4 Å². The molecule has 4 rings (SSSR count). The molecular formula is C21H20N4O2S2. The summed E-state index contributed by atoms with van der Waals surface area (Å²) < 4.78 is 8.32. The molecule has 6 nitrogen and oxygen atoms in total. The first-order chi connectivity index (χ1) is 14.1. The van der Waals surface area contributed by atoms with Crippen LogP contribution in [0.3, 0.4) is 0 Å². The minimum Gasteiger partial charge on any atom is -0.467 e. The van der Waals surface area contributed by atoms with E-state index >= 15 is 0 Å². The molecule has 3 heterocycles. The predicted molar refractivity (Wildman–Crippen MR) is 116 cm³/mol. The molecular weight excluding hydrogens is 404 g/mol. The van der Waals surface area contributed by atoms with Crippen LogP contribution >= 0.6 is 23.1 Å². The van der Waals surface area contributed by atoms with E-state index in [0.29, 0.717) is 17.2 Å². The van der Waals surface area contributed by atoms with Gasteiger partial charge in [0.05, 0.1) is 18.4 Å². The van der Waals surface area contributed by atoms with E-state index in [4.69, 9.17) is 4.42 Å². The Morgan fingerprint density at radius 2 is 2.00 bits per heavy atom. The summed E-state index contributed by atoms with van der Waals surface area (Å²) in [5.74, 6) is 1.49. The maximum absolute atomic E-state index is 12.8. The largest absolute Gasteiger partial charge is 0.467 e. The third-order valence-electron chi connectivity index (χ3n) is 4.54. The van der Waals surface area contributed by atoms with Gasteiger partial charge in [-0.3, -0.25) is 10.1 Å². The Morgan fingerprint density at radius 3 is 2.76 bits per heavy atom. The summed E-state index contributed by atoms with van der Waals surface area (Å²) >= 11 is 2.99. The van der Waals surface area contributed by atoms with Crippen LogP contribution in [0.25, 0.3) is 0 Å². The van der Waals surface area contributed by atoms with Gasteiger partial charge in [0.25, 0.3) is 5.91 Å². The smallest absolute Gasteiger partial charge is 0.259 e. The van der Waals surface area contributed by atoms with Gasteiger partial charge in [-0.2, -0.15) is 0 Å². The average Bonchev–Trinajstić information content (AvgIpc) is 3.45. The summed E-state index contributed by atoms with van der Waals surface area (Å²) in [4.78, 5) is 12.8. The van der Waals surface area contributed by atoms with Crippen molar-refractivity contribution in [1.29, 1.82) is 0 Å². The number of benzene rings is 1. The van der Waals surface area contributed by atoms with Crippen LogP contribution in [0.5, 0.6) is 0 Å². The van der Waals surface area contributed by atoms with Crippen LogP contribution in [0, 0.1) is 13.8 Å². The van der Waals surface area contributed by atoms with E-state index in [-0.39, 0.29) is 5.91 Å². The zero-order valence-electron chi connectivity index (χ0n) is 16.1. The second kappa shape index (κ2) is 8.67. The van der Waals surface area contributed by atoms with Crippen LogP contribution in [0.1, 0.15) is 33.1 Å². The van der Waals surface area contributed by atoms with Crippen molar-refractivity contribution in [1.82, 2.24) is 14.8 Å². The maximum atomic E-state index is 12.8. The number of hydrogen-bond acceptors (Lipinski definition) is 6. The number of furan rings is 1. The van der Waals surface area contributed by atoms with Gasteiger partial charge in [-0.15, -0.1) is 10.2 Å². The molecule has 1 amide bonds. The average molecular weight is 425 g/mol. The molecule has 3 aromatic heterocycles. The van der Waals surface area contributed by atoms with Crippen molar-refractivity contribution in [2.24, 2.45) is 0 Å². The fourth-order valence-corrected chi connectivity index (χ4v) is 4.74. The molecule has 0 bridgehead atoms. The molecule has 148 valence electrons. The number of rotatable bonds is 7. The molecule has 0 aliphatic carbocycles. The molecule has 0 atom stereocenters. The van der Waals surface area contributed by atoms with Crippen LogP contribution in [-0.4, -0.2) is 20.7 Å². The number of anilines is 1. The van der Waals surface area contributed by atoms with E-state index in [9.17, 15) is 4.79 Å². The Kier molecular flexibility index (Phi) is 5.82. The van der Waals surface area contributed by atoms with E-state index in [2.05, 4.69) is 32.2 Å². The Bertz CT molecular complexity index is 1100. The summed E-state index contributed by atoms with van der Waals surface area (Å²) in [5.41, 5.74) is 3.74. The van der Waals surface area contributed by atoms with E-state index in [1.54, 1.807) is 18.0 Å². The minimum absolute atomic E-state index is 0.181. The van der Waals surface area contributed by atoms with Gasteiger partial charge in [0, 0.05) is 17.1 Å². The number of nitrogens with one attached hydrogen (secondary N) is 1. The molecule has 29 heavy (non-hydrogen) atoms. The third kappa shape index (κ3) is 4.60. The highest BCUT2D eigenvalue weighted by atomic mass is 32.2. The predicted octanol–water partition coefficient (Wildman–Crippen LogP) is 5.14. The fourth-order valence-electron chi connectivity index (χ4n) is 3.04. The van der Waals surface area contributed by atoms with Gasteiger partial charge in [-0.05, 0) is 37.6 Å². The summed E-state index contributed by atoms with van der Waals surface area (Å²) in [7, 11) is 0. The molecule has 1 N–H and O–H groups in total. The van der Waals surface area contributed by atoms with Crippen molar-refractivity contribution in [3.05, 3.63) is 83.1 Å². The zero-order chi connectivity index (χ0) is 20.2. The number of carbonyl (C=O) groups is 1. The summed E-state index contributed by atoms with van der Waals surface area (Å²) in [6.45, 7) is 4.51. The highest BCUT2D eigenvalue weighted by Gasteiger charge is 2.18. The number of thioether (sulfide) groups is 1. The summed E-state index contributed by atoms with van der Waals surface area (Å²) in [5, 5.41) is 11.7. The van der Waals surface area contributed by atoms with Gasteiger partial charge < -0.3 is 8.98 Å². The molecule has 4 aromatic rings. The Hall–Kier alpha value is -2.84. The summed E-state index contributed by atoms with van der Waals surface area (Å²) in [6.07, 6.45) is 1.65. The SMILES string of the molecule is Cc1cc(C(=O)Nc2nnc(SCc3ccccc3)s2)c(C)n1Cc1ccco1. The normalized spacial score (nSPS) is 11.0. The molecule has 0 unspecified atom stereocenters. The van der Waals surface area contributed by atoms with Crippen molar-refractivity contribution >= 4 is 34.1 Å². The van der Waals surface area contributed by atoms with Gasteiger partial charge in [-0.25, -0.2) is 0 Å². The van der Waals surface area contributed by atoms with Crippen LogP contribution in [0.2, 0.25) is 0 Å². The number of nitrogens with zero attached hydrogens (tertiary/aromatic N) is 3. The van der Waals surface area contributed by atoms with E-state index < -0.39 is 0 Å². The second-order valence-corrected chi connectivity index (χ2v) is 8.75. The monoisotopic (exact) mass is 424 g/mol.